The number of ether oxygens (including phenoxy) is 2. The van der Waals surface area contributed by atoms with Gasteiger partial charge in [-0.15, -0.1) is 0 Å². The van der Waals surface area contributed by atoms with Gasteiger partial charge in [-0.05, 0) is 26.0 Å². The first kappa shape index (κ1) is 22.4. The largest absolute Gasteiger partial charge is 0.496 e. The number of hydrogen-bond donors (Lipinski definition) is 2. The van der Waals surface area contributed by atoms with Gasteiger partial charge in [-0.3, -0.25) is 9.59 Å². The number of rotatable bonds is 8. The van der Waals surface area contributed by atoms with Crippen LogP contribution in [0.15, 0.2) is 18.2 Å². The van der Waals surface area contributed by atoms with Gasteiger partial charge >= 0.3 is 0 Å². The molecule has 1 aliphatic heterocycles. The van der Waals surface area contributed by atoms with E-state index >= 15 is 0 Å². The summed E-state index contributed by atoms with van der Waals surface area (Å²) in [7, 11) is 2.94. The molecule has 1 aliphatic rings. The number of alkyl halides is 1. The summed E-state index contributed by atoms with van der Waals surface area (Å²) in [5, 5.41) is 14.9. The van der Waals surface area contributed by atoms with Gasteiger partial charge in [0.1, 0.15) is 29.3 Å². The van der Waals surface area contributed by atoms with Crippen molar-refractivity contribution in [2.45, 2.75) is 38.0 Å². The summed E-state index contributed by atoms with van der Waals surface area (Å²) in [6.45, 7) is 3.73. The third-order valence-corrected chi connectivity index (χ3v) is 4.78. The summed E-state index contributed by atoms with van der Waals surface area (Å²) < 4.78 is 24.0. The SMILES string of the molecule is COc1cccc(OC)c1C(=O)NCC(C)(C)NCC(=O)N1C[C@@H](F)C[C@H]1C#N. The zero-order valence-corrected chi connectivity index (χ0v) is 17.1. The topological polar surface area (TPSA) is 104 Å². The van der Waals surface area contributed by atoms with Crippen molar-refractivity contribution in [2.24, 2.45) is 0 Å². The van der Waals surface area contributed by atoms with Crippen LogP contribution >= 0.6 is 0 Å². The molecule has 0 aliphatic carbocycles. The summed E-state index contributed by atoms with van der Waals surface area (Å²) in [4.78, 5) is 26.3. The first-order valence-corrected chi connectivity index (χ1v) is 9.29. The number of halogens is 1. The fraction of sp³-hybridized carbons (Fsp3) is 0.550. The Hall–Kier alpha value is -2.86. The lowest BCUT2D eigenvalue weighted by Gasteiger charge is -2.28. The molecule has 1 fully saturated rings. The Morgan fingerprint density at radius 1 is 1.31 bits per heavy atom. The summed E-state index contributed by atoms with van der Waals surface area (Å²) in [5.74, 6) is 0.0626. The molecule has 29 heavy (non-hydrogen) atoms. The number of benzene rings is 1. The molecule has 1 aromatic carbocycles. The van der Waals surface area contributed by atoms with Crippen molar-refractivity contribution in [3.05, 3.63) is 23.8 Å². The standard InChI is InChI=1S/C20H27FN4O4/c1-20(2,24-10-17(26)25-11-13(21)8-14(25)9-22)12-23-19(27)18-15(28-3)6-5-7-16(18)29-4/h5-7,13-14,24H,8,10-12H2,1-4H3,(H,23,27)/t13-,14-/m0/s1. The number of hydrogen-bond acceptors (Lipinski definition) is 6. The minimum absolute atomic E-state index is 0.0441. The Morgan fingerprint density at radius 3 is 2.48 bits per heavy atom. The van der Waals surface area contributed by atoms with E-state index in [0.717, 1.165) is 0 Å². The van der Waals surface area contributed by atoms with Gasteiger partial charge in [0, 0.05) is 18.5 Å². The maximum absolute atomic E-state index is 13.5. The normalized spacial score (nSPS) is 18.8. The third-order valence-electron chi connectivity index (χ3n) is 4.78. The van der Waals surface area contributed by atoms with Gasteiger partial charge in [0.05, 0.1) is 33.4 Å². The molecular weight excluding hydrogens is 379 g/mol. The highest BCUT2D eigenvalue weighted by Crippen LogP contribution is 2.28. The molecule has 2 amide bonds. The molecule has 2 atom stereocenters. The monoisotopic (exact) mass is 406 g/mol. The van der Waals surface area contributed by atoms with Crippen molar-refractivity contribution >= 4 is 11.8 Å². The van der Waals surface area contributed by atoms with Crippen LogP contribution in [0.25, 0.3) is 0 Å². The van der Waals surface area contributed by atoms with Gasteiger partial charge in [-0.2, -0.15) is 5.26 Å². The van der Waals surface area contributed by atoms with Crippen LogP contribution in [0.1, 0.15) is 30.6 Å². The number of carbonyl (C=O) groups excluding carboxylic acids is 2. The molecule has 0 radical (unpaired) electrons. The predicted octanol–water partition coefficient (Wildman–Crippen LogP) is 1.26. The van der Waals surface area contributed by atoms with Crippen LogP contribution < -0.4 is 20.1 Å². The van der Waals surface area contributed by atoms with E-state index in [9.17, 15) is 14.0 Å². The van der Waals surface area contributed by atoms with E-state index < -0.39 is 17.8 Å². The number of nitriles is 1. The molecule has 2 rings (SSSR count). The molecule has 0 saturated carbocycles. The molecule has 2 N–H and O–H groups in total. The zero-order chi connectivity index (χ0) is 21.6. The molecular formula is C20H27FN4O4. The number of nitrogens with one attached hydrogen (secondary N) is 2. The minimum atomic E-state index is -1.17. The van der Waals surface area contributed by atoms with Gasteiger partial charge < -0.3 is 25.0 Å². The molecule has 8 nitrogen and oxygen atoms in total. The van der Waals surface area contributed by atoms with E-state index in [2.05, 4.69) is 10.6 Å². The van der Waals surface area contributed by atoms with Crippen LogP contribution in [0.4, 0.5) is 4.39 Å². The highest BCUT2D eigenvalue weighted by atomic mass is 19.1. The quantitative estimate of drug-likeness (QED) is 0.674. The van der Waals surface area contributed by atoms with Crippen molar-refractivity contribution in [2.75, 3.05) is 33.9 Å². The van der Waals surface area contributed by atoms with Crippen molar-refractivity contribution < 1.29 is 23.5 Å². The van der Waals surface area contributed by atoms with Gasteiger partial charge in [0.2, 0.25) is 5.91 Å². The highest BCUT2D eigenvalue weighted by Gasteiger charge is 2.35. The van der Waals surface area contributed by atoms with Gasteiger partial charge in [0.25, 0.3) is 5.91 Å². The lowest BCUT2D eigenvalue weighted by Crippen LogP contribution is -2.53. The van der Waals surface area contributed by atoms with Crippen LogP contribution in [0, 0.1) is 11.3 Å². The number of nitrogens with zero attached hydrogens (tertiary/aromatic N) is 2. The Bertz CT molecular complexity index is 771. The molecule has 0 bridgehead atoms. The van der Waals surface area contributed by atoms with Crippen molar-refractivity contribution in [1.82, 2.24) is 15.5 Å². The van der Waals surface area contributed by atoms with Gasteiger partial charge in [0.15, 0.2) is 0 Å². The van der Waals surface area contributed by atoms with Crippen LogP contribution in [0.2, 0.25) is 0 Å². The van der Waals surface area contributed by atoms with E-state index in [0.29, 0.717) is 11.5 Å². The Kier molecular flexibility index (Phi) is 7.40. The summed E-state index contributed by atoms with van der Waals surface area (Å²) >= 11 is 0. The second-order valence-electron chi connectivity index (χ2n) is 7.48. The number of amides is 2. The van der Waals surface area contributed by atoms with Crippen molar-refractivity contribution in [3.8, 4) is 17.6 Å². The second kappa shape index (κ2) is 9.56. The fourth-order valence-corrected chi connectivity index (χ4v) is 3.13. The van der Waals surface area contributed by atoms with Crippen molar-refractivity contribution in [3.63, 3.8) is 0 Å². The Balaban J connectivity index is 1.94. The maximum atomic E-state index is 13.5. The van der Waals surface area contributed by atoms with Crippen molar-refractivity contribution in [1.29, 1.82) is 5.26 Å². The van der Waals surface area contributed by atoms with Crippen LogP contribution in [0.3, 0.4) is 0 Å². The minimum Gasteiger partial charge on any atom is -0.496 e. The van der Waals surface area contributed by atoms with E-state index in [1.165, 1.54) is 19.1 Å². The molecule has 1 saturated heterocycles. The second-order valence-corrected chi connectivity index (χ2v) is 7.48. The lowest BCUT2D eigenvalue weighted by atomic mass is 10.0. The molecule has 0 unspecified atom stereocenters. The molecule has 158 valence electrons. The summed E-state index contributed by atoms with van der Waals surface area (Å²) in [6, 6.07) is 6.28. The first-order chi connectivity index (χ1) is 13.7. The molecule has 1 aromatic rings. The van der Waals surface area contributed by atoms with E-state index in [-0.39, 0.29) is 43.4 Å². The molecule has 0 aromatic heterocycles. The molecule has 1 heterocycles. The Morgan fingerprint density at radius 2 is 1.93 bits per heavy atom. The average molecular weight is 406 g/mol. The van der Waals surface area contributed by atoms with E-state index in [4.69, 9.17) is 14.7 Å². The summed E-state index contributed by atoms with van der Waals surface area (Å²) in [5.41, 5.74) is -0.343. The fourth-order valence-electron chi connectivity index (χ4n) is 3.13. The predicted molar refractivity (Wildman–Crippen MR) is 105 cm³/mol. The first-order valence-electron chi connectivity index (χ1n) is 9.29. The highest BCUT2D eigenvalue weighted by molar-refractivity contribution is 5.99. The summed E-state index contributed by atoms with van der Waals surface area (Å²) in [6.07, 6.45) is -1.13. The number of methoxy groups -OCH3 is 2. The van der Waals surface area contributed by atoms with E-state index in [1.54, 1.807) is 18.2 Å². The van der Waals surface area contributed by atoms with Crippen LogP contribution in [-0.2, 0) is 4.79 Å². The molecule has 9 heteroatoms. The van der Waals surface area contributed by atoms with Crippen LogP contribution in [0.5, 0.6) is 11.5 Å². The van der Waals surface area contributed by atoms with E-state index in [1.807, 2.05) is 19.9 Å². The van der Waals surface area contributed by atoms with Gasteiger partial charge in [-0.25, -0.2) is 4.39 Å². The number of likely N-dealkylation sites (tertiary alicyclic amines) is 1. The molecule has 0 spiro atoms. The zero-order valence-electron chi connectivity index (χ0n) is 17.1. The third kappa shape index (κ3) is 5.57. The average Bonchev–Trinajstić information content (AvgIpc) is 3.10. The number of carbonyl (C=O) groups is 2. The van der Waals surface area contributed by atoms with Crippen LogP contribution in [-0.4, -0.2) is 68.3 Å². The lowest BCUT2D eigenvalue weighted by molar-refractivity contribution is -0.130. The smallest absolute Gasteiger partial charge is 0.258 e. The van der Waals surface area contributed by atoms with Gasteiger partial charge in [-0.1, -0.05) is 6.07 Å². The Labute approximate surface area is 170 Å². The maximum Gasteiger partial charge on any atom is 0.258 e.